The fourth-order valence-electron chi connectivity index (χ4n) is 3.71. The van der Waals surface area contributed by atoms with Gasteiger partial charge >= 0.3 is 6.09 Å². The van der Waals surface area contributed by atoms with Gasteiger partial charge in [-0.05, 0) is 58.4 Å². The average molecular weight is 406 g/mol. The summed E-state index contributed by atoms with van der Waals surface area (Å²) in [5.41, 5.74) is 3.88. The minimum absolute atomic E-state index is 0.0156. The number of allylic oxidation sites excluding steroid dienone is 2. The molecule has 2 heterocycles. The molecular weight excluding hydrogens is 370 g/mol. The molecule has 1 fully saturated rings. The van der Waals surface area contributed by atoms with Crippen molar-refractivity contribution in [3.8, 4) is 0 Å². The van der Waals surface area contributed by atoms with E-state index in [-0.39, 0.29) is 24.3 Å². The van der Waals surface area contributed by atoms with E-state index < -0.39 is 0 Å². The molecule has 0 bridgehead atoms. The molecule has 3 atom stereocenters. The first-order chi connectivity index (χ1) is 13.2. The molecule has 0 aromatic carbocycles. The SMILES string of the molecule is C=C(C)C1=C/C(C(C)CSC)=N\C2CCCN(C(=O)OC(C)C)C2C\C(C)=N\1. The smallest absolute Gasteiger partial charge is 0.410 e. The molecule has 0 N–H and O–H groups in total. The van der Waals surface area contributed by atoms with Crippen molar-refractivity contribution in [1.82, 2.24) is 4.90 Å². The van der Waals surface area contributed by atoms with Gasteiger partial charge in [-0.2, -0.15) is 11.8 Å². The van der Waals surface area contributed by atoms with Gasteiger partial charge in [0.2, 0.25) is 0 Å². The maximum Gasteiger partial charge on any atom is 0.410 e. The maximum atomic E-state index is 12.7. The van der Waals surface area contributed by atoms with Gasteiger partial charge in [-0.3, -0.25) is 9.98 Å². The lowest BCUT2D eigenvalue weighted by Gasteiger charge is -2.39. The van der Waals surface area contributed by atoms with E-state index in [1.54, 1.807) is 0 Å². The number of rotatable bonds is 5. The second kappa shape index (κ2) is 10.3. The second-order valence-corrected chi connectivity index (χ2v) is 9.08. The molecular formula is C22H35N3O2S. The Morgan fingerprint density at radius 1 is 1.43 bits per heavy atom. The summed E-state index contributed by atoms with van der Waals surface area (Å²) in [5, 5.41) is 0. The Balaban J connectivity index is 2.46. The predicted molar refractivity (Wildman–Crippen MR) is 121 cm³/mol. The van der Waals surface area contributed by atoms with Crippen LogP contribution in [0.5, 0.6) is 0 Å². The molecule has 1 saturated heterocycles. The monoisotopic (exact) mass is 405 g/mol. The highest BCUT2D eigenvalue weighted by Crippen LogP contribution is 2.28. The number of piperidine rings is 1. The number of hydrogen-bond acceptors (Lipinski definition) is 5. The van der Waals surface area contributed by atoms with E-state index in [0.29, 0.717) is 18.9 Å². The zero-order valence-electron chi connectivity index (χ0n) is 18.2. The van der Waals surface area contributed by atoms with Crippen LogP contribution in [0.4, 0.5) is 4.79 Å². The van der Waals surface area contributed by atoms with E-state index in [9.17, 15) is 4.79 Å². The van der Waals surface area contributed by atoms with Gasteiger partial charge in [-0.25, -0.2) is 4.79 Å². The number of carbonyl (C=O) groups excluding carboxylic acids is 1. The van der Waals surface area contributed by atoms with Crippen LogP contribution in [0, 0.1) is 5.92 Å². The van der Waals surface area contributed by atoms with E-state index in [1.807, 2.05) is 44.4 Å². The van der Waals surface area contributed by atoms with Gasteiger partial charge in [-0.1, -0.05) is 13.5 Å². The van der Waals surface area contributed by atoms with Gasteiger partial charge in [-0.15, -0.1) is 0 Å². The Bertz CT molecular complexity index is 681. The molecule has 2 rings (SSSR count). The summed E-state index contributed by atoms with van der Waals surface area (Å²) in [6.07, 6.45) is 6.47. The van der Waals surface area contributed by atoms with Crippen LogP contribution in [0.25, 0.3) is 0 Å². The maximum absolute atomic E-state index is 12.7. The fraction of sp³-hybridized carbons (Fsp3) is 0.682. The topological polar surface area (TPSA) is 54.3 Å². The van der Waals surface area contributed by atoms with Crippen LogP contribution in [0.2, 0.25) is 0 Å². The van der Waals surface area contributed by atoms with Crippen molar-refractivity contribution in [1.29, 1.82) is 0 Å². The number of nitrogens with zero attached hydrogens (tertiary/aromatic N) is 3. The molecule has 0 spiro atoms. The molecule has 0 saturated carbocycles. The lowest BCUT2D eigenvalue weighted by atomic mass is 9.92. The Kier molecular flexibility index (Phi) is 8.35. The minimum Gasteiger partial charge on any atom is -0.447 e. The van der Waals surface area contributed by atoms with Gasteiger partial charge < -0.3 is 9.64 Å². The van der Waals surface area contributed by atoms with Crippen molar-refractivity contribution >= 4 is 29.3 Å². The lowest BCUT2D eigenvalue weighted by Crippen LogP contribution is -2.52. The van der Waals surface area contributed by atoms with Crippen LogP contribution in [0.15, 0.2) is 33.9 Å². The molecule has 0 aromatic rings. The van der Waals surface area contributed by atoms with Crippen molar-refractivity contribution < 1.29 is 9.53 Å². The van der Waals surface area contributed by atoms with Gasteiger partial charge in [0.05, 0.1) is 23.9 Å². The van der Waals surface area contributed by atoms with Crippen LogP contribution >= 0.6 is 11.8 Å². The van der Waals surface area contributed by atoms with Crippen LogP contribution in [0.1, 0.15) is 53.9 Å². The van der Waals surface area contributed by atoms with E-state index in [4.69, 9.17) is 14.7 Å². The first-order valence-corrected chi connectivity index (χ1v) is 11.6. The summed E-state index contributed by atoms with van der Waals surface area (Å²) in [6, 6.07) is 0.0525. The van der Waals surface area contributed by atoms with Gasteiger partial charge in [0.15, 0.2) is 0 Å². The predicted octanol–water partition coefficient (Wildman–Crippen LogP) is 5.13. The summed E-state index contributed by atoms with van der Waals surface area (Å²) in [7, 11) is 0. The number of carbonyl (C=O) groups is 1. The Labute approximate surface area is 174 Å². The standard InChI is InChI=1S/C22H35N3O2S/c1-14(2)19-12-20(16(5)13-28-7)24-18-9-8-10-25(22(26)27-15(3)4)21(18)11-17(6)23-19/h12,15-16,18,21H,1,8-11,13H2,2-7H3/b19-12-,23-17+,24-20+. The van der Waals surface area contributed by atoms with Crippen molar-refractivity contribution in [3.05, 3.63) is 23.9 Å². The number of likely N-dealkylation sites (tertiary alicyclic amines) is 1. The van der Waals surface area contributed by atoms with E-state index in [2.05, 4.69) is 25.8 Å². The van der Waals surface area contributed by atoms with E-state index in [1.165, 1.54) is 0 Å². The highest BCUT2D eigenvalue weighted by molar-refractivity contribution is 7.98. The molecule has 2 aliphatic heterocycles. The first kappa shape index (κ1) is 22.7. The lowest BCUT2D eigenvalue weighted by molar-refractivity contribution is 0.0496. The third-order valence-electron chi connectivity index (χ3n) is 5.09. The summed E-state index contributed by atoms with van der Waals surface area (Å²) in [5.74, 6) is 1.31. The average Bonchev–Trinajstić information content (AvgIpc) is 2.67. The Hall–Kier alpha value is -1.56. The summed E-state index contributed by atoms with van der Waals surface area (Å²) in [6.45, 7) is 14.8. The number of fused-ring (bicyclic) bond motifs is 1. The molecule has 0 aromatic heterocycles. The Morgan fingerprint density at radius 2 is 2.14 bits per heavy atom. The van der Waals surface area contributed by atoms with E-state index in [0.717, 1.165) is 41.3 Å². The van der Waals surface area contributed by atoms with Crippen LogP contribution in [0.3, 0.4) is 0 Å². The normalized spacial score (nSPS) is 29.7. The first-order valence-electron chi connectivity index (χ1n) is 10.2. The van der Waals surface area contributed by atoms with Crippen LogP contribution in [-0.4, -0.2) is 59.2 Å². The minimum atomic E-state index is -0.237. The fourth-order valence-corrected chi connectivity index (χ4v) is 4.38. The number of amides is 1. The third kappa shape index (κ3) is 5.97. The quantitative estimate of drug-likeness (QED) is 0.637. The van der Waals surface area contributed by atoms with Gasteiger partial charge in [0, 0.05) is 36.1 Å². The van der Waals surface area contributed by atoms with Crippen LogP contribution in [-0.2, 0) is 4.74 Å². The largest absolute Gasteiger partial charge is 0.447 e. The number of ether oxygens (including phenoxy) is 1. The van der Waals surface area contributed by atoms with Crippen LogP contribution < -0.4 is 0 Å². The molecule has 28 heavy (non-hydrogen) atoms. The molecule has 1 amide bonds. The van der Waals surface area contributed by atoms with Crippen molar-refractivity contribution in [2.45, 2.75) is 72.1 Å². The zero-order valence-corrected chi connectivity index (χ0v) is 19.0. The third-order valence-corrected chi connectivity index (χ3v) is 5.92. The summed E-state index contributed by atoms with van der Waals surface area (Å²) < 4.78 is 5.52. The van der Waals surface area contributed by atoms with Crippen molar-refractivity contribution in [2.24, 2.45) is 15.9 Å². The highest BCUT2D eigenvalue weighted by atomic mass is 32.2. The molecule has 0 aliphatic carbocycles. The molecule has 0 radical (unpaired) electrons. The van der Waals surface area contributed by atoms with Gasteiger partial charge in [0.1, 0.15) is 0 Å². The number of hydrogen-bond donors (Lipinski definition) is 0. The number of thioether (sulfide) groups is 1. The van der Waals surface area contributed by atoms with Crippen molar-refractivity contribution in [2.75, 3.05) is 18.6 Å². The van der Waals surface area contributed by atoms with Crippen molar-refractivity contribution in [3.63, 3.8) is 0 Å². The molecule has 6 heteroatoms. The van der Waals surface area contributed by atoms with E-state index >= 15 is 0 Å². The summed E-state index contributed by atoms with van der Waals surface area (Å²) >= 11 is 1.82. The van der Waals surface area contributed by atoms with Gasteiger partial charge in [0.25, 0.3) is 0 Å². The molecule has 3 unspecified atom stereocenters. The highest BCUT2D eigenvalue weighted by Gasteiger charge is 2.36. The molecule has 156 valence electrons. The zero-order chi connectivity index (χ0) is 20.8. The second-order valence-electron chi connectivity index (χ2n) is 8.17. The molecule has 2 aliphatic rings. The number of aliphatic imine (C=N–C) groups is 2. The molecule has 5 nitrogen and oxygen atoms in total. The Morgan fingerprint density at radius 3 is 2.75 bits per heavy atom. The summed E-state index contributed by atoms with van der Waals surface area (Å²) in [4.78, 5) is 24.6.